The van der Waals surface area contributed by atoms with Gasteiger partial charge >= 0.3 is 0 Å². The van der Waals surface area contributed by atoms with E-state index in [-0.39, 0.29) is 24.4 Å². The second kappa shape index (κ2) is 7.68. The van der Waals surface area contributed by atoms with Gasteiger partial charge in [-0.3, -0.25) is 9.59 Å². The number of carbonyl (C=O) groups excluding carboxylic acids is 2. The summed E-state index contributed by atoms with van der Waals surface area (Å²) < 4.78 is 0. The first-order valence-electron chi connectivity index (χ1n) is 7.00. The van der Waals surface area contributed by atoms with Crippen LogP contribution in [0.25, 0.3) is 0 Å². The Morgan fingerprint density at radius 3 is 2.45 bits per heavy atom. The second-order valence-corrected chi connectivity index (χ2v) is 5.43. The van der Waals surface area contributed by atoms with E-state index in [1.165, 1.54) is 16.7 Å². The number of amides is 2. The maximum Gasteiger partial charge on any atom is 0.239 e. The third-order valence-corrected chi connectivity index (χ3v) is 3.02. The van der Waals surface area contributed by atoms with E-state index in [4.69, 9.17) is 0 Å². The number of hydrogen-bond acceptors (Lipinski definition) is 2. The van der Waals surface area contributed by atoms with E-state index < -0.39 is 0 Å². The minimum atomic E-state index is -0.153. The number of benzene rings is 1. The molecule has 0 heterocycles. The number of rotatable bonds is 6. The first kappa shape index (κ1) is 16.2. The molecule has 4 heteroatoms. The zero-order chi connectivity index (χ0) is 15.1. The monoisotopic (exact) mass is 276 g/mol. The predicted molar refractivity (Wildman–Crippen MR) is 80.5 cm³/mol. The lowest BCUT2D eigenvalue weighted by Crippen LogP contribution is -2.39. The number of nitrogens with one attached hydrogen (secondary N) is 2. The number of carbonyl (C=O) groups is 2. The largest absolute Gasteiger partial charge is 0.352 e. The number of hydrogen-bond donors (Lipinski definition) is 2. The molecular formula is C16H24N2O2. The van der Waals surface area contributed by atoms with Gasteiger partial charge in [-0.2, -0.15) is 0 Å². The Hall–Kier alpha value is -1.84. The van der Waals surface area contributed by atoms with Crippen LogP contribution in [-0.2, 0) is 16.0 Å². The van der Waals surface area contributed by atoms with Gasteiger partial charge in [0.2, 0.25) is 11.8 Å². The molecule has 0 unspecified atom stereocenters. The maximum absolute atomic E-state index is 11.7. The van der Waals surface area contributed by atoms with Crippen molar-refractivity contribution in [1.29, 1.82) is 0 Å². The van der Waals surface area contributed by atoms with Crippen LogP contribution in [-0.4, -0.2) is 24.4 Å². The van der Waals surface area contributed by atoms with Gasteiger partial charge in [0.1, 0.15) is 0 Å². The van der Waals surface area contributed by atoms with Crippen molar-refractivity contribution >= 4 is 11.8 Å². The topological polar surface area (TPSA) is 58.2 Å². The van der Waals surface area contributed by atoms with Gasteiger partial charge in [0, 0.05) is 12.5 Å². The van der Waals surface area contributed by atoms with Crippen LogP contribution in [0.5, 0.6) is 0 Å². The molecular weight excluding hydrogens is 252 g/mol. The van der Waals surface area contributed by atoms with Crippen molar-refractivity contribution in [2.24, 2.45) is 0 Å². The minimum absolute atomic E-state index is 0.0455. The highest BCUT2D eigenvalue weighted by Crippen LogP contribution is 2.12. The van der Waals surface area contributed by atoms with Crippen LogP contribution in [0.3, 0.4) is 0 Å². The molecule has 0 spiro atoms. The van der Waals surface area contributed by atoms with Gasteiger partial charge < -0.3 is 10.6 Å². The summed E-state index contributed by atoms with van der Waals surface area (Å²) in [5, 5.41) is 5.37. The molecule has 0 atom stereocenters. The molecule has 2 amide bonds. The molecule has 2 N–H and O–H groups in total. The molecule has 4 nitrogen and oxygen atoms in total. The van der Waals surface area contributed by atoms with E-state index in [2.05, 4.69) is 42.7 Å². The van der Waals surface area contributed by atoms with Crippen LogP contribution in [0.15, 0.2) is 18.2 Å². The molecule has 0 saturated heterocycles. The van der Waals surface area contributed by atoms with E-state index in [9.17, 15) is 9.59 Å². The third kappa shape index (κ3) is 5.87. The first-order valence-corrected chi connectivity index (χ1v) is 7.00. The molecule has 20 heavy (non-hydrogen) atoms. The van der Waals surface area contributed by atoms with Gasteiger partial charge in [-0.1, -0.05) is 23.8 Å². The van der Waals surface area contributed by atoms with Gasteiger partial charge in [-0.15, -0.1) is 0 Å². The average molecular weight is 276 g/mol. The van der Waals surface area contributed by atoms with Gasteiger partial charge in [-0.25, -0.2) is 0 Å². The zero-order valence-corrected chi connectivity index (χ0v) is 12.7. The molecule has 110 valence electrons. The predicted octanol–water partition coefficient (Wildman–Crippen LogP) is 1.88. The molecule has 0 fully saturated rings. The summed E-state index contributed by atoms with van der Waals surface area (Å²) in [6, 6.07) is 6.32. The van der Waals surface area contributed by atoms with E-state index in [0.717, 1.165) is 0 Å². The SMILES string of the molecule is Cc1ccc(CCC(=O)NCC(=O)NC(C)C)c(C)c1. The first-order chi connectivity index (χ1) is 9.38. The fourth-order valence-corrected chi connectivity index (χ4v) is 2.01. The summed E-state index contributed by atoms with van der Waals surface area (Å²) in [6.07, 6.45) is 1.10. The smallest absolute Gasteiger partial charge is 0.239 e. The molecule has 0 saturated carbocycles. The minimum Gasteiger partial charge on any atom is -0.352 e. The van der Waals surface area contributed by atoms with Crippen LogP contribution in [0.2, 0.25) is 0 Å². The van der Waals surface area contributed by atoms with Crippen molar-refractivity contribution in [3.8, 4) is 0 Å². The summed E-state index contributed by atoms with van der Waals surface area (Å²) in [6.45, 7) is 7.93. The quantitative estimate of drug-likeness (QED) is 0.833. The Balaban J connectivity index is 2.34. The highest BCUT2D eigenvalue weighted by molar-refractivity contribution is 5.84. The van der Waals surface area contributed by atoms with Crippen molar-refractivity contribution in [3.05, 3.63) is 34.9 Å². The fraction of sp³-hybridized carbons (Fsp3) is 0.500. The molecule has 0 aliphatic rings. The summed E-state index contributed by atoms with van der Waals surface area (Å²) in [4.78, 5) is 23.1. The van der Waals surface area contributed by atoms with Gasteiger partial charge in [-0.05, 0) is 45.2 Å². The molecule has 0 aliphatic carbocycles. The van der Waals surface area contributed by atoms with Gasteiger partial charge in [0.05, 0.1) is 6.54 Å². The van der Waals surface area contributed by atoms with Crippen molar-refractivity contribution in [1.82, 2.24) is 10.6 Å². The molecule has 0 radical (unpaired) electrons. The molecule has 0 bridgehead atoms. The summed E-state index contributed by atoms with van der Waals surface area (Å²) in [7, 11) is 0. The summed E-state index contributed by atoms with van der Waals surface area (Å²) >= 11 is 0. The van der Waals surface area contributed by atoms with Crippen LogP contribution in [0.1, 0.15) is 37.0 Å². The number of aryl methyl sites for hydroxylation is 3. The van der Waals surface area contributed by atoms with Crippen LogP contribution >= 0.6 is 0 Å². The molecule has 1 aromatic rings. The van der Waals surface area contributed by atoms with E-state index in [0.29, 0.717) is 12.8 Å². The standard InChI is InChI=1S/C16H24N2O2/c1-11(2)18-16(20)10-17-15(19)8-7-14-6-5-12(3)9-13(14)4/h5-6,9,11H,7-8,10H2,1-4H3,(H,17,19)(H,18,20). The average Bonchev–Trinajstić information content (AvgIpc) is 2.34. The zero-order valence-electron chi connectivity index (χ0n) is 12.7. The fourth-order valence-electron chi connectivity index (χ4n) is 2.01. The Morgan fingerprint density at radius 2 is 1.85 bits per heavy atom. The van der Waals surface area contributed by atoms with Crippen LogP contribution in [0.4, 0.5) is 0 Å². The Morgan fingerprint density at radius 1 is 1.15 bits per heavy atom. The lowest BCUT2D eigenvalue weighted by atomic mass is 10.0. The van der Waals surface area contributed by atoms with Crippen molar-refractivity contribution < 1.29 is 9.59 Å². The Labute approximate surface area is 121 Å². The highest BCUT2D eigenvalue weighted by Gasteiger charge is 2.07. The van der Waals surface area contributed by atoms with E-state index in [1.807, 2.05) is 13.8 Å². The summed E-state index contributed by atoms with van der Waals surface area (Å²) in [5.41, 5.74) is 3.61. The normalized spacial score (nSPS) is 10.4. The molecule has 1 aromatic carbocycles. The Kier molecular flexibility index (Phi) is 6.22. The lowest BCUT2D eigenvalue weighted by molar-refractivity contribution is -0.126. The van der Waals surface area contributed by atoms with Crippen molar-refractivity contribution in [2.45, 2.75) is 46.6 Å². The van der Waals surface area contributed by atoms with Crippen molar-refractivity contribution in [2.75, 3.05) is 6.54 Å². The van der Waals surface area contributed by atoms with E-state index >= 15 is 0 Å². The Bertz CT molecular complexity index is 481. The van der Waals surface area contributed by atoms with Crippen molar-refractivity contribution in [3.63, 3.8) is 0 Å². The maximum atomic E-state index is 11.7. The molecule has 1 rings (SSSR count). The second-order valence-electron chi connectivity index (χ2n) is 5.43. The molecule has 0 aromatic heterocycles. The van der Waals surface area contributed by atoms with Crippen LogP contribution < -0.4 is 10.6 Å². The molecule has 0 aliphatic heterocycles. The van der Waals surface area contributed by atoms with E-state index in [1.54, 1.807) is 0 Å². The lowest BCUT2D eigenvalue weighted by Gasteiger charge is -2.10. The highest BCUT2D eigenvalue weighted by atomic mass is 16.2. The third-order valence-electron chi connectivity index (χ3n) is 3.02. The summed E-state index contributed by atoms with van der Waals surface area (Å²) in [5.74, 6) is -0.247. The van der Waals surface area contributed by atoms with Crippen LogP contribution in [0, 0.1) is 13.8 Å². The van der Waals surface area contributed by atoms with Gasteiger partial charge in [0.25, 0.3) is 0 Å². The van der Waals surface area contributed by atoms with Gasteiger partial charge in [0.15, 0.2) is 0 Å².